The molecule has 11 rings (SSSR count). The molecule has 2 heterocycles. The molecule has 0 spiro atoms. The van der Waals surface area contributed by atoms with Gasteiger partial charge in [-0.25, -0.2) is 19.9 Å². The van der Waals surface area contributed by atoms with Gasteiger partial charge in [-0.15, -0.1) is 0 Å². The van der Waals surface area contributed by atoms with E-state index in [0.29, 0.717) is 23.4 Å². The van der Waals surface area contributed by atoms with Gasteiger partial charge in [0.2, 0.25) is 5.89 Å². The fourth-order valence-corrected chi connectivity index (χ4v) is 8.01. The van der Waals surface area contributed by atoms with E-state index in [1.807, 2.05) is 72.8 Å². The number of rotatable bonds is 7. The first-order chi connectivity index (χ1) is 29.2. The Morgan fingerprint density at radius 2 is 0.814 bits per heavy atom. The fourth-order valence-electron chi connectivity index (χ4n) is 8.01. The summed E-state index contributed by atoms with van der Waals surface area (Å²) in [6.07, 6.45) is 0. The van der Waals surface area contributed by atoms with E-state index in [0.717, 1.165) is 77.2 Å². The molecule has 0 aliphatic rings. The molecule has 0 atom stereocenters. The van der Waals surface area contributed by atoms with Gasteiger partial charge in [-0.05, 0) is 79.9 Å². The molecule has 11 aromatic rings. The summed E-state index contributed by atoms with van der Waals surface area (Å²) in [4.78, 5) is 20.0. The van der Waals surface area contributed by atoms with E-state index in [-0.39, 0.29) is 0 Å². The molecule has 5 heteroatoms. The summed E-state index contributed by atoms with van der Waals surface area (Å²) in [5.74, 6) is 2.47. The third-order valence-electron chi connectivity index (χ3n) is 11.0. The summed E-state index contributed by atoms with van der Waals surface area (Å²) in [5, 5.41) is 4.34. The smallest absolute Gasteiger partial charge is 0.227 e. The van der Waals surface area contributed by atoms with Gasteiger partial charge in [0.25, 0.3) is 0 Å². The van der Waals surface area contributed by atoms with Crippen LogP contribution in [0.25, 0.3) is 112 Å². The molecule has 0 saturated heterocycles. The zero-order valence-corrected chi connectivity index (χ0v) is 31.8. The lowest BCUT2D eigenvalue weighted by atomic mass is 9.93. The predicted octanol–water partition coefficient (Wildman–Crippen LogP) is 14.0. The zero-order chi connectivity index (χ0) is 39.1. The maximum absolute atomic E-state index is 6.53. The Labute approximate surface area is 341 Å². The van der Waals surface area contributed by atoms with E-state index < -0.39 is 0 Å². The second kappa shape index (κ2) is 14.5. The average Bonchev–Trinajstić information content (AvgIpc) is 3.77. The molecule has 5 nitrogen and oxygen atoms in total. The SMILES string of the molecule is c1ccc(-c2cccc(-c3ccc(-c4nc(-c5ccccc5)nc(-c5ccc6c(-c7cccc8ccc9nc(-c%10ccccc%10)oc9c78)cccc6c5)n4)cc3)c2)cc1. The first-order valence-electron chi connectivity index (χ1n) is 19.7. The quantitative estimate of drug-likeness (QED) is 0.162. The summed E-state index contributed by atoms with van der Waals surface area (Å²) in [7, 11) is 0. The van der Waals surface area contributed by atoms with Crippen LogP contribution in [0.4, 0.5) is 0 Å². The van der Waals surface area contributed by atoms with Gasteiger partial charge in [-0.3, -0.25) is 0 Å². The van der Waals surface area contributed by atoms with Crippen LogP contribution in [0.1, 0.15) is 0 Å². The molecule has 0 aliphatic heterocycles. The van der Waals surface area contributed by atoms with Crippen LogP contribution in [0.5, 0.6) is 0 Å². The van der Waals surface area contributed by atoms with Crippen molar-refractivity contribution in [3.8, 4) is 79.0 Å². The Morgan fingerprint density at radius 3 is 1.51 bits per heavy atom. The van der Waals surface area contributed by atoms with Crippen LogP contribution in [0, 0.1) is 0 Å². The number of nitrogens with zero attached hydrogens (tertiary/aromatic N) is 4. The first-order valence-corrected chi connectivity index (χ1v) is 19.7. The van der Waals surface area contributed by atoms with Crippen molar-refractivity contribution in [3.63, 3.8) is 0 Å². The Hall–Kier alpha value is -8.02. The van der Waals surface area contributed by atoms with E-state index in [1.54, 1.807) is 0 Å². The van der Waals surface area contributed by atoms with Crippen LogP contribution < -0.4 is 0 Å². The van der Waals surface area contributed by atoms with Gasteiger partial charge in [0.1, 0.15) is 5.52 Å². The van der Waals surface area contributed by atoms with E-state index in [9.17, 15) is 0 Å². The minimum Gasteiger partial charge on any atom is -0.435 e. The molecular formula is C54H34N4O. The van der Waals surface area contributed by atoms with Crippen LogP contribution >= 0.6 is 0 Å². The number of oxazole rings is 1. The molecular weight excluding hydrogens is 721 g/mol. The van der Waals surface area contributed by atoms with Crippen molar-refractivity contribution in [2.45, 2.75) is 0 Å². The number of aromatic nitrogens is 4. The summed E-state index contributed by atoms with van der Waals surface area (Å²) >= 11 is 0. The number of fused-ring (bicyclic) bond motifs is 4. The standard InChI is InChI=1S/C54H34N4O/c1-4-13-35(14-5-1)41-20-10-21-42(33-41)36-25-27-39(28-26-36)52-56-51(38-15-6-2-7-16-38)57-53(58-52)44-29-31-45-43(34-44)22-12-23-46(45)47-24-11-19-37-30-32-48-50(49(37)47)59-54(55-48)40-17-8-3-9-18-40/h1-34H. The van der Waals surface area contributed by atoms with E-state index in [4.69, 9.17) is 24.4 Å². The fraction of sp³-hybridized carbons (Fsp3) is 0. The Bertz CT molecular complexity index is 3310. The van der Waals surface area contributed by atoms with Crippen molar-refractivity contribution >= 4 is 32.6 Å². The third kappa shape index (κ3) is 6.41. The first kappa shape index (κ1) is 34.2. The van der Waals surface area contributed by atoms with Gasteiger partial charge in [-0.2, -0.15) is 0 Å². The lowest BCUT2D eigenvalue weighted by molar-refractivity contribution is 0.623. The van der Waals surface area contributed by atoms with E-state index >= 15 is 0 Å². The molecule has 0 aliphatic carbocycles. The van der Waals surface area contributed by atoms with Gasteiger partial charge < -0.3 is 4.42 Å². The maximum Gasteiger partial charge on any atom is 0.227 e. The third-order valence-corrected chi connectivity index (χ3v) is 11.0. The van der Waals surface area contributed by atoms with Gasteiger partial charge in [0.15, 0.2) is 23.1 Å². The molecule has 0 N–H and O–H groups in total. The lowest BCUT2D eigenvalue weighted by Gasteiger charge is -2.12. The highest BCUT2D eigenvalue weighted by atomic mass is 16.3. The van der Waals surface area contributed by atoms with Crippen LogP contribution in [0.3, 0.4) is 0 Å². The van der Waals surface area contributed by atoms with Gasteiger partial charge in [0, 0.05) is 27.6 Å². The van der Waals surface area contributed by atoms with Crippen molar-refractivity contribution in [3.05, 3.63) is 206 Å². The van der Waals surface area contributed by atoms with Crippen LogP contribution in [0.2, 0.25) is 0 Å². The van der Waals surface area contributed by atoms with Crippen LogP contribution in [-0.4, -0.2) is 19.9 Å². The molecule has 0 saturated carbocycles. The Kier molecular flexibility index (Phi) is 8.41. The molecule has 59 heavy (non-hydrogen) atoms. The minimum absolute atomic E-state index is 0.613. The largest absolute Gasteiger partial charge is 0.435 e. The number of hydrogen-bond acceptors (Lipinski definition) is 5. The van der Waals surface area contributed by atoms with Crippen LogP contribution in [-0.2, 0) is 0 Å². The van der Waals surface area contributed by atoms with Gasteiger partial charge >= 0.3 is 0 Å². The molecule has 276 valence electrons. The monoisotopic (exact) mass is 754 g/mol. The number of hydrogen-bond donors (Lipinski definition) is 0. The molecule has 0 amide bonds. The average molecular weight is 755 g/mol. The Balaban J connectivity index is 0.992. The molecule has 0 fully saturated rings. The van der Waals surface area contributed by atoms with Crippen molar-refractivity contribution in [2.75, 3.05) is 0 Å². The summed E-state index contributed by atoms with van der Waals surface area (Å²) in [5.41, 5.74) is 12.2. The Morgan fingerprint density at radius 1 is 0.305 bits per heavy atom. The zero-order valence-electron chi connectivity index (χ0n) is 31.8. The van der Waals surface area contributed by atoms with Gasteiger partial charge in [0.05, 0.1) is 0 Å². The molecule has 2 aromatic heterocycles. The molecule has 9 aromatic carbocycles. The highest BCUT2D eigenvalue weighted by Crippen LogP contribution is 2.40. The van der Waals surface area contributed by atoms with Crippen molar-refractivity contribution in [2.24, 2.45) is 0 Å². The molecule has 0 unspecified atom stereocenters. The summed E-state index contributed by atoms with van der Waals surface area (Å²) < 4.78 is 6.53. The van der Waals surface area contributed by atoms with E-state index in [2.05, 4.69) is 133 Å². The second-order valence-corrected chi connectivity index (χ2v) is 14.6. The highest BCUT2D eigenvalue weighted by Gasteiger charge is 2.18. The van der Waals surface area contributed by atoms with Crippen molar-refractivity contribution in [1.29, 1.82) is 0 Å². The van der Waals surface area contributed by atoms with Crippen molar-refractivity contribution in [1.82, 2.24) is 19.9 Å². The summed E-state index contributed by atoms with van der Waals surface area (Å²) in [6, 6.07) is 71.3. The lowest BCUT2D eigenvalue weighted by Crippen LogP contribution is -2.00. The minimum atomic E-state index is 0.613. The molecule has 0 radical (unpaired) electrons. The topological polar surface area (TPSA) is 64.7 Å². The predicted molar refractivity (Wildman–Crippen MR) is 240 cm³/mol. The highest BCUT2D eigenvalue weighted by molar-refractivity contribution is 6.14. The maximum atomic E-state index is 6.53. The second-order valence-electron chi connectivity index (χ2n) is 14.6. The van der Waals surface area contributed by atoms with Gasteiger partial charge in [-0.1, -0.05) is 176 Å². The normalized spacial score (nSPS) is 11.4. The molecule has 0 bridgehead atoms. The van der Waals surface area contributed by atoms with Crippen LogP contribution in [0.15, 0.2) is 211 Å². The van der Waals surface area contributed by atoms with E-state index in [1.165, 1.54) is 11.1 Å². The summed E-state index contributed by atoms with van der Waals surface area (Å²) in [6.45, 7) is 0. The number of benzene rings is 9. The van der Waals surface area contributed by atoms with Crippen molar-refractivity contribution < 1.29 is 4.42 Å².